The molecule has 0 radical (unpaired) electrons. The lowest BCUT2D eigenvalue weighted by atomic mass is 10.1. The minimum absolute atomic E-state index is 0.00399. The van der Waals surface area contributed by atoms with E-state index >= 15 is 0 Å². The number of rotatable bonds is 9. The summed E-state index contributed by atoms with van der Waals surface area (Å²) in [6.45, 7) is 2.35. The third-order valence-electron chi connectivity index (χ3n) is 8.09. The van der Waals surface area contributed by atoms with E-state index in [-0.39, 0.29) is 51.8 Å². The second-order valence-corrected chi connectivity index (χ2v) is 14.7. The van der Waals surface area contributed by atoms with Gasteiger partial charge in [-0.25, -0.2) is 0 Å². The van der Waals surface area contributed by atoms with Crippen LogP contribution in [0.25, 0.3) is 22.3 Å². The van der Waals surface area contributed by atoms with E-state index in [2.05, 4.69) is 79.7 Å². The van der Waals surface area contributed by atoms with E-state index in [9.17, 15) is 25.2 Å². The monoisotopic (exact) mass is 619 g/mol. The highest BCUT2D eigenvalue weighted by atomic mass is 31.2. The smallest absolute Gasteiger partial charge is 0.239 e. The van der Waals surface area contributed by atoms with Crippen molar-refractivity contribution in [1.29, 1.82) is 0 Å². The maximum absolute atomic E-state index is 13.8. The van der Waals surface area contributed by atoms with Crippen molar-refractivity contribution in [1.82, 2.24) is 0 Å². The van der Waals surface area contributed by atoms with Gasteiger partial charge in [0, 0.05) is 24.1 Å². The Hall–Kier alpha value is -5.26. The molecule has 1 heterocycles. The van der Waals surface area contributed by atoms with Crippen LogP contribution >= 0.6 is 7.26 Å². The summed E-state index contributed by atoms with van der Waals surface area (Å²) in [6.07, 6.45) is 0.561. The van der Waals surface area contributed by atoms with Crippen LogP contribution in [-0.4, -0.2) is 32.7 Å². The molecule has 0 bridgehead atoms. The molecule has 0 saturated carbocycles. The quantitative estimate of drug-likeness (QED) is 0.109. The average Bonchev–Trinajstić information content (AvgIpc) is 3.05. The van der Waals surface area contributed by atoms with Crippen LogP contribution in [0, 0.1) is 0 Å². The normalized spacial score (nSPS) is 12.2. The van der Waals surface area contributed by atoms with Crippen LogP contribution in [0.15, 0.2) is 131 Å². The highest BCUT2D eigenvalue weighted by molar-refractivity contribution is 7.96. The van der Waals surface area contributed by atoms with Gasteiger partial charge in [0.05, 0.1) is 12.3 Å². The predicted molar refractivity (Wildman–Crippen MR) is 179 cm³/mol. The molecule has 45 heavy (non-hydrogen) atoms. The summed E-state index contributed by atoms with van der Waals surface area (Å²) in [5.74, 6) is -1.62. The summed E-state index contributed by atoms with van der Waals surface area (Å²) < 4.78 is 12.3. The highest BCUT2D eigenvalue weighted by Gasteiger charge is 2.50. The molecule has 6 rings (SSSR count). The Kier molecular flexibility index (Phi) is 8.20. The second kappa shape index (κ2) is 12.4. The van der Waals surface area contributed by atoms with Crippen molar-refractivity contribution in [3.8, 4) is 40.1 Å². The minimum Gasteiger partial charge on any atom is -0.508 e. The van der Waals surface area contributed by atoms with Crippen LogP contribution in [-0.2, 0) is 0 Å². The van der Waals surface area contributed by atoms with Gasteiger partial charge in [0.15, 0.2) is 17.3 Å². The van der Waals surface area contributed by atoms with Crippen molar-refractivity contribution in [2.24, 2.45) is 0 Å². The Bertz CT molecular complexity index is 1910. The lowest BCUT2D eigenvalue weighted by Gasteiger charge is -2.33. The fourth-order valence-electron chi connectivity index (χ4n) is 5.98. The van der Waals surface area contributed by atoms with Crippen molar-refractivity contribution in [2.45, 2.75) is 19.0 Å². The molecule has 0 aliphatic carbocycles. The molecule has 7 nitrogen and oxygen atoms in total. The average molecular weight is 620 g/mol. The maximum atomic E-state index is 13.8. The topological polar surface area (TPSA) is 120 Å². The number of hydrogen-bond donors (Lipinski definition) is 4. The molecule has 1 atom stereocenters. The first kappa shape index (κ1) is 29.8. The number of fused-ring (bicyclic) bond motifs is 1. The minimum atomic E-state index is -2.22. The molecule has 0 fully saturated rings. The van der Waals surface area contributed by atoms with Gasteiger partial charge in [-0.2, -0.15) is 0 Å². The standard InChI is InChI=1S/C37H31O7P/c1-24(45(27-11-5-2-6-12-27,28-13-7-3-8-14-28)29-15-9-4-10-16-29)19-20-43-37-35(42)34-32(41)22-26(38)23-33(34)44-36(37)25-17-18-30(39)31(40)21-25/h2-18,21-24H,19-20H2,1H3,(H3-,38,39,40,41,42)/p+1. The molecule has 4 N–H and O–H groups in total. The van der Waals surface area contributed by atoms with E-state index in [1.807, 2.05) is 18.2 Å². The molecule has 8 heteroatoms. The third kappa shape index (κ3) is 5.47. The Morgan fingerprint density at radius 1 is 0.689 bits per heavy atom. The van der Waals surface area contributed by atoms with Gasteiger partial charge in [0.1, 0.15) is 45.6 Å². The first-order chi connectivity index (χ1) is 21.8. The highest BCUT2D eigenvalue weighted by Crippen LogP contribution is 2.60. The number of phenolic OH excluding ortho intramolecular Hbond substituents is 4. The zero-order chi connectivity index (χ0) is 31.6. The Labute approximate surface area is 260 Å². The van der Waals surface area contributed by atoms with Crippen LogP contribution in [0.3, 0.4) is 0 Å². The van der Waals surface area contributed by atoms with Crippen molar-refractivity contribution in [3.05, 3.63) is 132 Å². The molecule has 0 amide bonds. The van der Waals surface area contributed by atoms with Gasteiger partial charge in [-0.3, -0.25) is 4.79 Å². The largest absolute Gasteiger partial charge is 0.508 e. The van der Waals surface area contributed by atoms with E-state index in [1.165, 1.54) is 40.2 Å². The summed E-state index contributed by atoms with van der Waals surface area (Å²) in [4.78, 5) is 13.8. The van der Waals surface area contributed by atoms with Gasteiger partial charge >= 0.3 is 0 Å². The molecular weight excluding hydrogens is 587 g/mol. The first-order valence-electron chi connectivity index (χ1n) is 14.5. The maximum Gasteiger partial charge on any atom is 0.239 e. The Morgan fingerprint density at radius 2 is 1.24 bits per heavy atom. The number of benzene rings is 5. The molecule has 1 unspecified atom stereocenters. The number of ether oxygens (including phenoxy) is 1. The fraction of sp³-hybridized carbons (Fsp3) is 0.108. The molecular formula is C37H32O7P+. The lowest BCUT2D eigenvalue weighted by molar-refractivity contribution is 0.302. The van der Waals surface area contributed by atoms with Crippen molar-refractivity contribution >= 4 is 34.1 Å². The molecule has 0 aliphatic rings. The van der Waals surface area contributed by atoms with Crippen LogP contribution in [0.1, 0.15) is 13.3 Å². The van der Waals surface area contributed by atoms with Crippen LogP contribution in [0.2, 0.25) is 0 Å². The second-order valence-electron chi connectivity index (χ2n) is 10.8. The molecule has 226 valence electrons. The summed E-state index contributed by atoms with van der Waals surface area (Å²) in [6, 6.07) is 37.8. The lowest BCUT2D eigenvalue weighted by Crippen LogP contribution is -2.38. The van der Waals surface area contributed by atoms with Crippen LogP contribution < -0.4 is 26.1 Å². The van der Waals surface area contributed by atoms with Gasteiger partial charge in [-0.05, 0) is 61.5 Å². The first-order valence-corrected chi connectivity index (χ1v) is 16.4. The van der Waals surface area contributed by atoms with Crippen LogP contribution in [0.5, 0.6) is 28.7 Å². The number of aromatic hydroxyl groups is 4. The summed E-state index contributed by atoms with van der Waals surface area (Å²) in [5, 5.41) is 44.2. The predicted octanol–water partition coefficient (Wildman–Crippen LogP) is 6.43. The van der Waals surface area contributed by atoms with Crippen molar-refractivity contribution in [2.75, 3.05) is 6.61 Å². The third-order valence-corrected chi connectivity index (χ3v) is 13.0. The zero-order valence-corrected chi connectivity index (χ0v) is 25.4. The summed E-state index contributed by atoms with van der Waals surface area (Å²) in [7, 11) is -2.22. The van der Waals surface area contributed by atoms with Gasteiger partial charge < -0.3 is 29.6 Å². The molecule has 0 spiro atoms. The van der Waals surface area contributed by atoms with Gasteiger partial charge in [0.25, 0.3) is 0 Å². The van der Waals surface area contributed by atoms with E-state index in [4.69, 9.17) is 9.15 Å². The number of hydrogen-bond acceptors (Lipinski definition) is 7. The van der Waals surface area contributed by atoms with E-state index in [0.29, 0.717) is 6.42 Å². The summed E-state index contributed by atoms with van der Waals surface area (Å²) in [5.41, 5.74) is -0.333. The van der Waals surface area contributed by atoms with Gasteiger partial charge in [-0.1, -0.05) is 54.6 Å². The Balaban J connectivity index is 1.44. The fourth-order valence-corrected chi connectivity index (χ4v) is 10.8. The van der Waals surface area contributed by atoms with E-state index in [0.717, 1.165) is 6.07 Å². The molecule has 6 aromatic rings. The number of phenols is 4. The SMILES string of the molecule is CC(CCOc1c(-c2ccc(O)c(O)c2)oc2cc(O)cc(O)c2c1=O)[P+](c1ccccc1)(c1ccccc1)c1ccccc1. The van der Waals surface area contributed by atoms with Gasteiger partial charge in [-0.15, -0.1) is 0 Å². The van der Waals surface area contributed by atoms with E-state index in [1.54, 1.807) is 0 Å². The summed E-state index contributed by atoms with van der Waals surface area (Å²) >= 11 is 0. The molecule has 5 aromatic carbocycles. The van der Waals surface area contributed by atoms with Gasteiger partial charge in [0.2, 0.25) is 11.2 Å². The molecule has 0 saturated heterocycles. The van der Waals surface area contributed by atoms with Crippen molar-refractivity contribution in [3.63, 3.8) is 0 Å². The molecule has 1 aromatic heterocycles. The van der Waals surface area contributed by atoms with Crippen molar-refractivity contribution < 1.29 is 29.6 Å². The zero-order valence-electron chi connectivity index (χ0n) is 24.5. The Morgan fingerprint density at radius 3 is 1.78 bits per heavy atom. The van der Waals surface area contributed by atoms with Crippen LogP contribution in [0.4, 0.5) is 0 Å². The molecule has 0 aliphatic heterocycles. The van der Waals surface area contributed by atoms with E-state index < -0.39 is 24.2 Å².